The Morgan fingerprint density at radius 3 is 2.58 bits per heavy atom. The lowest BCUT2D eigenvalue weighted by Crippen LogP contribution is -2.20. The SMILES string of the molecule is CC(=O)Cc1cccc2c(C(C)(C)C)nc(=O)oc12. The van der Waals surface area contributed by atoms with Crippen molar-refractivity contribution < 1.29 is 9.21 Å². The number of ketones is 1. The fourth-order valence-corrected chi connectivity index (χ4v) is 2.13. The normalized spacial score (nSPS) is 11.8. The molecule has 0 aliphatic heterocycles. The van der Waals surface area contributed by atoms with Crippen molar-refractivity contribution in [1.82, 2.24) is 4.98 Å². The van der Waals surface area contributed by atoms with Crippen LogP contribution in [-0.4, -0.2) is 10.8 Å². The molecule has 0 aliphatic carbocycles. The van der Waals surface area contributed by atoms with Crippen LogP contribution >= 0.6 is 0 Å². The number of hydrogen-bond donors (Lipinski definition) is 0. The fourth-order valence-electron chi connectivity index (χ4n) is 2.13. The highest BCUT2D eigenvalue weighted by Gasteiger charge is 2.21. The second-order valence-electron chi connectivity index (χ2n) is 5.75. The summed E-state index contributed by atoms with van der Waals surface area (Å²) >= 11 is 0. The van der Waals surface area contributed by atoms with Crippen LogP contribution in [0.2, 0.25) is 0 Å². The Labute approximate surface area is 111 Å². The summed E-state index contributed by atoms with van der Waals surface area (Å²) in [5.41, 5.74) is 1.64. The van der Waals surface area contributed by atoms with Gasteiger partial charge >= 0.3 is 5.76 Å². The summed E-state index contributed by atoms with van der Waals surface area (Å²) in [6, 6.07) is 5.53. The van der Waals surface area contributed by atoms with E-state index in [-0.39, 0.29) is 17.6 Å². The van der Waals surface area contributed by atoms with Crippen molar-refractivity contribution >= 4 is 16.8 Å². The highest BCUT2D eigenvalue weighted by atomic mass is 16.4. The smallest absolute Gasteiger partial charge is 0.408 e. The van der Waals surface area contributed by atoms with Gasteiger partial charge in [-0.25, -0.2) is 4.79 Å². The number of rotatable bonds is 2. The minimum absolute atomic E-state index is 0.0317. The van der Waals surface area contributed by atoms with Crippen molar-refractivity contribution in [2.45, 2.75) is 39.5 Å². The third-order valence-electron chi connectivity index (χ3n) is 2.89. The molecular weight excluding hydrogens is 242 g/mol. The number of para-hydroxylation sites is 1. The molecule has 100 valence electrons. The maximum Gasteiger partial charge on any atom is 0.439 e. The first-order valence-electron chi connectivity index (χ1n) is 6.21. The molecule has 4 nitrogen and oxygen atoms in total. The van der Waals surface area contributed by atoms with E-state index in [2.05, 4.69) is 4.98 Å². The molecule has 1 aromatic heterocycles. The fraction of sp³-hybridized carbons (Fsp3) is 0.400. The van der Waals surface area contributed by atoms with Gasteiger partial charge in [0.15, 0.2) is 0 Å². The Bertz CT molecular complexity index is 693. The van der Waals surface area contributed by atoms with Crippen molar-refractivity contribution in [3.05, 3.63) is 40.0 Å². The number of nitrogens with zero attached hydrogens (tertiary/aromatic N) is 1. The second-order valence-corrected chi connectivity index (χ2v) is 5.75. The van der Waals surface area contributed by atoms with E-state index in [1.54, 1.807) is 6.07 Å². The molecule has 0 bridgehead atoms. The predicted octanol–water partition coefficient (Wildman–Crippen LogP) is 2.62. The van der Waals surface area contributed by atoms with E-state index in [1.165, 1.54) is 6.92 Å². The van der Waals surface area contributed by atoms with Crippen LogP contribution in [0.5, 0.6) is 0 Å². The first kappa shape index (κ1) is 13.5. The van der Waals surface area contributed by atoms with Gasteiger partial charge in [-0.05, 0) is 13.0 Å². The lowest BCUT2D eigenvalue weighted by molar-refractivity contribution is -0.116. The zero-order valence-corrected chi connectivity index (χ0v) is 11.6. The van der Waals surface area contributed by atoms with Gasteiger partial charge in [0.2, 0.25) is 0 Å². The maximum absolute atomic E-state index is 11.6. The minimum Gasteiger partial charge on any atom is -0.408 e. The molecule has 0 saturated carbocycles. The summed E-state index contributed by atoms with van der Waals surface area (Å²) in [6.45, 7) is 7.49. The molecule has 0 N–H and O–H groups in total. The first-order chi connectivity index (χ1) is 8.79. The van der Waals surface area contributed by atoms with Gasteiger partial charge < -0.3 is 4.42 Å². The van der Waals surface area contributed by atoms with Gasteiger partial charge in [0, 0.05) is 22.8 Å². The van der Waals surface area contributed by atoms with Gasteiger partial charge in [0.05, 0.1) is 5.69 Å². The Hall–Kier alpha value is -1.97. The molecule has 1 aromatic carbocycles. The summed E-state index contributed by atoms with van der Waals surface area (Å²) in [4.78, 5) is 26.9. The molecule has 0 atom stereocenters. The quantitative estimate of drug-likeness (QED) is 0.831. The maximum atomic E-state index is 11.6. The van der Waals surface area contributed by atoms with Gasteiger partial charge in [-0.3, -0.25) is 4.79 Å². The van der Waals surface area contributed by atoms with Crippen LogP contribution in [0.1, 0.15) is 39.0 Å². The van der Waals surface area contributed by atoms with Crippen molar-refractivity contribution in [2.75, 3.05) is 0 Å². The summed E-state index contributed by atoms with van der Waals surface area (Å²) in [5.74, 6) is -0.585. The van der Waals surface area contributed by atoms with E-state index >= 15 is 0 Å². The molecule has 0 amide bonds. The van der Waals surface area contributed by atoms with Crippen LogP contribution in [0.3, 0.4) is 0 Å². The number of hydrogen-bond acceptors (Lipinski definition) is 4. The highest BCUT2D eigenvalue weighted by Crippen LogP contribution is 2.28. The molecule has 0 saturated heterocycles. The van der Waals surface area contributed by atoms with Gasteiger partial charge in [-0.1, -0.05) is 32.9 Å². The molecule has 4 heteroatoms. The molecular formula is C15H17NO3. The van der Waals surface area contributed by atoms with E-state index in [0.717, 1.165) is 10.9 Å². The van der Waals surface area contributed by atoms with Crippen LogP contribution in [0.15, 0.2) is 27.4 Å². The highest BCUT2D eigenvalue weighted by molar-refractivity contribution is 5.87. The summed E-state index contributed by atoms with van der Waals surface area (Å²) in [5, 5.41) is 0.797. The monoisotopic (exact) mass is 259 g/mol. The molecule has 0 unspecified atom stereocenters. The third kappa shape index (κ3) is 2.72. The molecule has 0 fully saturated rings. The Balaban J connectivity index is 2.81. The molecule has 2 rings (SSSR count). The second kappa shape index (κ2) is 4.61. The lowest BCUT2D eigenvalue weighted by Gasteiger charge is -2.19. The number of Topliss-reactive ketones (excluding diaryl/α,β-unsaturated/α-hetero) is 1. The number of aromatic nitrogens is 1. The van der Waals surface area contributed by atoms with Gasteiger partial charge in [-0.15, -0.1) is 0 Å². The van der Waals surface area contributed by atoms with Crippen LogP contribution in [0, 0.1) is 0 Å². The summed E-state index contributed by atoms with van der Waals surface area (Å²) < 4.78 is 5.21. The average molecular weight is 259 g/mol. The zero-order chi connectivity index (χ0) is 14.2. The topological polar surface area (TPSA) is 60.2 Å². The van der Waals surface area contributed by atoms with Crippen molar-refractivity contribution in [3.63, 3.8) is 0 Å². The largest absolute Gasteiger partial charge is 0.439 e. The van der Waals surface area contributed by atoms with Crippen molar-refractivity contribution in [1.29, 1.82) is 0 Å². The van der Waals surface area contributed by atoms with Crippen LogP contribution in [0.25, 0.3) is 11.0 Å². The Morgan fingerprint density at radius 2 is 2.00 bits per heavy atom. The van der Waals surface area contributed by atoms with Crippen molar-refractivity contribution in [3.8, 4) is 0 Å². The van der Waals surface area contributed by atoms with E-state index in [1.807, 2.05) is 32.9 Å². The van der Waals surface area contributed by atoms with E-state index < -0.39 is 5.76 Å². The van der Waals surface area contributed by atoms with Crippen LogP contribution in [0.4, 0.5) is 0 Å². The van der Waals surface area contributed by atoms with Crippen molar-refractivity contribution in [2.24, 2.45) is 0 Å². The number of carbonyl (C=O) groups is 1. The molecule has 1 heterocycles. The van der Waals surface area contributed by atoms with Gasteiger partial charge in [-0.2, -0.15) is 4.98 Å². The molecule has 0 radical (unpaired) electrons. The van der Waals surface area contributed by atoms with Crippen LogP contribution < -0.4 is 5.76 Å². The minimum atomic E-state index is -0.617. The Morgan fingerprint density at radius 1 is 1.32 bits per heavy atom. The van der Waals surface area contributed by atoms with Crippen LogP contribution in [-0.2, 0) is 16.6 Å². The average Bonchev–Trinajstić information content (AvgIpc) is 2.27. The molecule has 19 heavy (non-hydrogen) atoms. The molecule has 0 spiro atoms. The third-order valence-corrected chi connectivity index (χ3v) is 2.89. The first-order valence-corrected chi connectivity index (χ1v) is 6.21. The standard InChI is InChI=1S/C15H17NO3/c1-9(17)8-10-6-5-7-11-12(10)19-14(18)16-13(11)15(2,3)4/h5-7H,8H2,1-4H3. The number of fused-ring (bicyclic) bond motifs is 1. The molecule has 2 aromatic rings. The van der Waals surface area contributed by atoms with E-state index in [9.17, 15) is 9.59 Å². The van der Waals surface area contributed by atoms with E-state index in [0.29, 0.717) is 11.3 Å². The number of carbonyl (C=O) groups excluding carboxylic acids is 1. The van der Waals surface area contributed by atoms with E-state index in [4.69, 9.17) is 4.42 Å². The summed E-state index contributed by atoms with van der Waals surface area (Å²) in [7, 11) is 0. The zero-order valence-electron chi connectivity index (χ0n) is 11.6. The Kier molecular flexibility index (Phi) is 3.27. The summed E-state index contributed by atoms with van der Waals surface area (Å²) in [6.07, 6.45) is 0.258. The lowest BCUT2D eigenvalue weighted by atomic mass is 9.88. The van der Waals surface area contributed by atoms with Gasteiger partial charge in [0.1, 0.15) is 11.4 Å². The van der Waals surface area contributed by atoms with Gasteiger partial charge in [0.25, 0.3) is 0 Å². The molecule has 0 aliphatic rings. The predicted molar refractivity (Wildman–Crippen MR) is 73.4 cm³/mol. The number of benzene rings is 1.